The molecule has 0 radical (unpaired) electrons. The molecule has 2 unspecified atom stereocenters. The van der Waals surface area contributed by atoms with Gasteiger partial charge >= 0.3 is 6.18 Å². The lowest BCUT2D eigenvalue weighted by Gasteiger charge is -2.47. The van der Waals surface area contributed by atoms with E-state index in [0.717, 1.165) is 49.8 Å². The maximum atomic E-state index is 14.1. The average molecular weight is 550 g/mol. The first-order valence-electron chi connectivity index (χ1n) is 14.4. The molecule has 2 fully saturated rings. The van der Waals surface area contributed by atoms with Crippen molar-refractivity contribution in [3.05, 3.63) is 101 Å². The third-order valence-corrected chi connectivity index (χ3v) is 8.66. The van der Waals surface area contributed by atoms with E-state index in [4.69, 9.17) is 4.74 Å². The molecule has 212 valence electrons. The van der Waals surface area contributed by atoms with E-state index in [0.29, 0.717) is 31.4 Å². The van der Waals surface area contributed by atoms with Gasteiger partial charge in [-0.3, -0.25) is 4.79 Å². The fourth-order valence-corrected chi connectivity index (χ4v) is 6.36. The Balaban J connectivity index is 1.33. The molecular formula is C34H38F3NO2. The van der Waals surface area contributed by atoms with Gasteiger partial charge < -0.3 is 9.64 Å². The molecule has 1 aliphatic heterocycles. The zero-order valence-corrected chi connectivity index (χ0v) is 23.3. The number of carbonyl (C=O) groups excluding carboxylic acids is 1. The second-order valence-corrected chi connectivity index (χ2v) is 11.9. The summed E-state index contributed by atoms with van der Waals surface area (Å²) in [5.74, 6) is 1.40. The molecule has 3 aromatic rings. The van der Waals surface area contributed by atoms with Crippen molar-refractivity contribution in [3.8, 4) is 5.75 Å². The van der Waals surface area contributed by atoms with E-state index in [9.17, 15) is 18.0 Å². The van der Waals surface area contributed by atoms with Crippen molar-refractivity contribution in [2.45, 2.75) is 63.5 Å². The highest BCUT2D eigenvalue weighted by atomic mass is 19.4. The molecule has 3 nitrogen and oxygen atoms in total. The number of piperidine rings is 1. The number of ether oxygens (including phenoxy) is 1. The second-order valence-electron chi connectivity index (χ2n) is 11.9. The van der Waals surface area contributed by atoms with E-state index in [1.807, 2.05) is 23.1 Å². The summed E-state index contributed by atoms with van der Waals surface area (Å²) in [6.45, 7) is 5.99. The van der Waals surface area contributed by atoms with Crippen molar-refractivity contribution < 1.29 is 22.7 Å². The molecule has 1 saturated heterocycles. The number of hydrogen-bond acceptors (Lipinski definition) is 2. The number of alkyl halides is 3. The van der Waals surface area contributed by atoms with E-state index >= 15 is 0 Å². The summed E-state index contributed by atoms with van der Waals surface area (Å²) in [7, 11) is 0. The zero-order chi connectivity index (χ0) is 28.3. The SMILES string of the molecule is CC(C)Cc1ccc(C2(C(=O)N3CCC(c4ccccc4)C(COc4ccc(C(F)(F)F)cc4)C3)CCC2)cc1. The summed E-state index contributed by atoms with van der Waals surface area (Å²) in [5.41, 5.74) is 2.45. The average Bonchev–Trinajstić information content (AvgIpc) is 2.92. The second kappa shape index (κ2) is 11.7. The Labute approximate surface area is 235 Å². The maximum absolute atomic E-state index is 14.1. The predicted molar refractivity (Wildman–Crippen MR) is 151 cm³/mol. The van der Waals surface area contributed by atoms with Crippen LogP contribution in [-0.4, -0.2) is 30.5 Å². The van der Waals surface area contributed by atoms with Crippen LogP contribution in [0.4, 0.5) is 13.2 Å². The first-order chi connectivity index (χ1) is 19.2. The highest BCUT2D eigenvalue weighted by molar-refractivity contribution is 5.89. The number of amides is 1. The summed E-state index contributed by atoms with van der Waals surface area (Å²) < 4.78 is 45.0. The molecule has 5 rings (SSSR count). The summed E-state index contributed by atoms with van der Waals surface area (Å²) in [4.78, 5) is 16.2. The molecular weight excluding hydrogens is 511 g/mol. The first-order valence-corrected chi connectivity index (χ1v) is 14.4. The number of rotatable bonds is 8. The largest absolute Gasteiger partial charge is 0.493 e. The molecule has 40 heavy (non-hydrogen) atoms. The fourth-order valence-electron chi connectivity index (χ4n) is 6.36. The fraction of sp³-hybridized carbons (Fsp3) is 0.441. The third-order valence-electron chi connectivity index (χ3n) is 8.66. The van der Waals surface area contributed by atoms with Crippen LogP contribution in [0.2, 0.25) is 0 Å². The van der Waals surface area contributed by atoms with Crippen molar-refractivity contribution in [1.29, 1.82) is 0 Å². The van der Waals surface area contributed by atoms with E-state index in [1.54, 1.807) is 0 Å². The van der Waals surface area contributed by atoms with Crippen LogP contribution in [0, 0.1) is 11.8 Å². The molecule has 2 atom stereocenters. The van der Waals surface area contributed by atoms with E-state index in [2.05, 4.69) is 50.2 Å². The van der Waals surface area contributed by atoms with Gasteiger partial charge in [-0.15, -0.1) is 0 Å². The minimum atomic E-state index is -4.38. The Bertz CT molecular complexity index is 1270. The van der Waals surface area contributed by atoms with E-state index in [-0.39, 0.29) is 17.7 Å². The van der Waals surface area contributed by atoms with Crippen LogP contribution >= 0.6 is 0 Å². The van der Waals surface area contributed by atoms with E-state index in [1.165, 1.54) is 23.3 Å². The van der Waals surface area contributed by atoms with Gasteiger partial charge in [0.2, 0.25) is 5.91 Å². The smallest absolute Gasteiger partial charge is 0.416 e. The Morgan fingerprint density at radius 3 is 2.23 bits per heavy atom. The van der Waals surface area contributed by atoms with Crippen LogP contribution in [0.5, 0.6) is 5.75 Å². The van der Waals surface area contributed by atoms with E-state index < -0.39 is 17.2 Å². The van der Waals surface area contributed by atoms with Gasteiger partial charge in [0.15, 0.2) is 0 Å². The topological polar surface area (TPSA) is 29.5 Å². The first kappa shape index (κ1) is 28.3. The Morgan fingerprint density at radius 2 is 1.65 bits per heavy atom. The Morgan fingerprint density at radius 1 is 0.975 bits per heavy atom. The monoisotopic (exact) mass is 549 g/mol. The summed E-state index contributed by atoms with van der Waals surface area (Å²) >= 11 is 0. The van der Waals surface area contributed by atoms with Gasteiger partial charge in [0.25, 0.3) is 0 Å². The number of hydrogen-bond donors (Lipinski definition) is 0. The van der Waals surface area contributed by atoms with Crippen molar-refractivity contribution in [2.75, 3.05) is 19.7 Å². The van der Waals surface area contributed by atoms with Gasteiger partial charge in [0.1, 0.15) is 5.75 Å². The summed E-state index contributed by atoms with van der Waals surface area (Å²) in [6.07, 6.45) is 0.226. The molecule has 0 bridgehead atoms. The normalized spacial score (nSPS) is 20.7. The van der Waals surface area contributed by atoms with Crippen LogP contribution in [0.1, 0.15) is 67.7 Å². The Kier molecular flexibility index (Phi) is 8.25. The number of carbonyl (C=O) groups is 1. The molecule has 1 saturated carbocycles. The van der Waals surface area contributed by atoms with Gasteiger partial charge in [-0.1, -0.05) is 74.9 Å². The molecule has 0 spiro atoms. The number of benzene rings is 3. The third kappa shape index (κ3) is 6.06. The lowest BCUT2D eigenvalue weighted by atomic mass is 9.63. The lowest BCUT2D eigenvalue weighted by Crippen LogP contribution is -2.55. The summed E-state index contributed by atoms with van der Waals surface area (Å²) in [6, 6.07) is 23.7. The number of likely N-dealkylation sites (tertiary alicyclic amines) is 1. The van der Waals surface area contributed by atoms with Gasteiger partial charge in [-0.05, 0) is 78.5 Å². The van der Waals surface area contributed by atoms with Gasteiger partial charge in [-0.25, -0.2) is 0 Å². The molecule has 3 aromatic carbocycles. The quantitative estimate of drug-likeness (QED) is 0.285. The van der Waals surface area contributed by atoms with Crippen LogP contribution < -0.4 is 4.74 Å². The van der Waals surface area contributed by atoms with Gasteiger partial charge in [0.05, 0.1) is 17.6 Å². The van der Waals surface area contributed by atoms with Gasteiger partial charge in [-0.2, -0.15) is 13.2 Å². The standard InChI is InChI=1S/C34H38F3NO2/c1-24(2)21-25-9-11-28(12-10-25)33(18-6-19-33)32(39)38-20-17-31(26-7-4-3-5-8-26)27(22-38)23-40-30-15-13-29(14-16-30)34(35,36)37/h3-5,7-16,24,27,31H,6,17-23H2,1-2H3. The molecule has 1 amide bonds. The molecule has 1 aliphatic carbocycles. The molecule has 2 aliphatic rings. The van der Waals surface area contributed by atoms with Crippen molar-refractivity contribution in [2.24, 2.45) is 11.8 Å². The highest BCUT2D eigenvalue weighted by Gasteiger charge is 2.49. The van der Waals surface area contributed by atoms with Gasteiger partial charge in [0, 0.05) is 19.0 Å². The maximum Gasteiger partial charge on any atom is 0.416 e. The van der Waals surface area contributed by atoms with Crippen LogP contribution in [0.3, 0.4) is 0 Å². The van der Waals surface area contributed by atoms with Crippen molar-refractivity contribution >= 4 is 5.91 Å². The molecule has 1 heterocycles. The number of nitrogens with zero attached hydrogens (tertiary/aromatic N) is 1. The molecule has 0 N–H and O–H groups in total. The van der Waals surface area contributed by atoms with Crippen LogP contribution in [0.15, 0.2) is 78.9 Å². The Hall–Kier alpha value is -3.28. The van der Waals surface area contributed by atoms with Crippen LogP contribution in [0.25, 0.3) is 0 Å². The minimum absolute atomic E-state index is 0.0212. The minimum Gasteiger partial charge on any atom is -0.493 e. The summed E-state index contributed by atoms with van der Waals surface area (Å²) in [5, 5.41) is 0. The predicted octanol–water partition coefficient (Wildman–Crippen LogP) is 8.04. The van der Waals surface area contributed by atoms with Crippen molar-refractivity contribution in [3.63, 3.8) is 0 Å². The molecule has 6 heteroatoms. The number of halogens is 3. The zero-order valence-electron chi connectivity index (χ0n) is 23.3. The van der Waals surface area contributed by atoms with Crippen molar-refractivity contribution in [1.82, 2.24) is 4.90 Å². The lowest BCUT2D eigenvalue weighted by molar-refractivity contribution is -0.143. The van der Waals surface area contributed by atoms with Crippen LogP contribution in [-0.2, 0) is 22.8 Å². The molecule has 0 aromatic heterocycles. The highest BCUT2D eigenvalue weighted by Crippen LogP contribution is 2.46.